The van der Waals surface area contributed by atoms with Gasteiger partial charge < -0.3 is 14.2 Å². The fraction of sp³-hybridized carbons (Fsp3) is 0.769. The summed E-state index contributed by atoms with van der Waals surface area (Å²) in [5.74, 6) is -1.95. The molecule has 0 bridgehead atoms. The summed E-state index contributed by atoms with van der Waals surface area (Å²) in [6.07, 6.45) is -0.942. The number of amides is 1. The molecule has 0 aromatic heterocycles. The molecule has 0 spiro atoms. The summed E-state index contributed by atoms with van der Waals surface area (Å²) >= 11 is 0. The van der Waals surface area contributed by atoms with Crippen molar-refractivity contribution < 1.29 is 33.4 Å². The molecule has 0 aliphatic carbocycles. The van der Waals surface area contributed by atoms with Crippen LogP contribution in [0.25, 0.3) is 0 Å². The third-order valence-electron chi connectivity index (χ3n) is 2.07. The van der Waals surface area contributed by atoms with Crippen LogP contribution in [-0.2, 0) is 28.6 Å². The highest BCUT2D eigenvalue weighted by Crippen LogP contribution is 2.15. The summed E-state index contributed by atoms with van der Waals surface area (Å²) in [6, 6.07) is 0. The molecule has 1 N–H and O–H groups in total. The number of hydrogen-bond acceptors (Lipinski definition) is 7. The van der Waals surface area contributed by atoms with Gasteiger partial charge in [0.2, 0.25) is 0 Å². The number of esters is 2. The highest BCUT2D eigenvalue weighted by atomic mass is 16.7. The first-order chi connectivity index (χ1) is 9.56. The molecule has 0 radical (unpaired) electrons. The number of hydrogen-bond donors (Lipinski definition) is 1. The summed E-state index contributed by atoms with van der Waals surface area (Å²) in [5, 5.41) is 0. The molecule has 0 aromatic carbocycles. The quantitative estimate of drug-likeness (QED) is 0.342. The van der Waals surface area contributed by atoms with E-state index in [1.807, 2.05) is 5.48 Å². The Labute approximate surface area is 124 Å². The van der Waals surface area contributed by atoms with Crippen LogP contribution in [0.3, 0.4) is 0 Å². The van der Waals surface area contributed by atoms with Gasteiger partial charge in [-0.25, -0.2) is 19.2 Å². The maximum atomic E-state index is 11.8. The number of nitrogens with one attached hydrogen (secondary N) is 1. The van der Waals surface area contributed by atoms with E-state index < -0.39 is 29.2 Å². The van der Waals surface area contributed by atoms with Crippen LogP contribution in [0.15, 0.2) is 0 Å². The fourth-order valence-electron chi connectivity index (χ4n) is 1.15. The van der Waals surface area contributed by atoms with Crippen LogP contribution in [0.5, 0.6) is 0 Å². The van der Waals surface area contributed by atoms with Crippen molar-refractivity contribution in [2.45, 2.75) is 52.7 Å². The average molecular weight is 305 g/mol. The summed E-state index contributed by atoms with van der Waals surface area (Å²) in [6.45, 7) is 9.34. The van der Waals surface area contributed by atoms with E-state index in [2.05, 4.69) is 0 Å². The van der Waals surface area contributed by atoms with Crippen LogP contribution >= 0.6 is 0 Å². The van der Waals surface area contributed by atoms with Gasteiger partial charge in [-0.2, -0.15) is 5.48 Å². The molecule has 0 aliphatic rings. The van der Waals surface area contributed by atoms with Gasteiger partial charge >= 0.3 is 18.0 Å². The van der Waals surface area contributed by atoms with Gasteiger partial charge in [0.15, 0.2) is 0 Å². The molecule has 0 unspecified atom stereocenters. The van der Waals surface area contributed by atoms with Crippen LogP contribution in [0.1, 0.15) is 41.5 Å². The Morgan fingerprint density at radius 3 is 1.67 bits per heavy atom. The maximum Gasteiger partial charge on any atom is 0.431 e. The zero-order valence-electron chi connectivity index (χ0n) is 13.3. The van der Waals surface area contributed by atoms with Crippen molar-refractivity contribution in [3.8, 4) is 0 Å². The lowest BCUT2D eigenvalue weighted by Crippen LogP contribution is -2.53. The van der Waals surface area contributed by atoms with Gasteiger partial charge in [-0.05, 0) is 41.5 Å². The van der Waals surface area contributed by atoms with Crippen LogP contribution in [0, 0.1) is 0 Å². The third kappa shape index (κ3) is 6.44. The van der Waals surface area contributed by atoms with E-state index in [1.165, 1.54) is 0 Å². The maximum absolute atomic E-state index is 11.8. The minimum atomic E-state index is -2.11. The Morgan fingerprint density at radius 2 is 1.33 bits per heavy atom. The van der Waals surface area contributed by atoms with Crippen LogP contribution in [0.2, 0.25) is 0 Å². The van der Waals surface area contributed by atoms with Crippen LogP contribution in [-0.4, -0.2) is 42.4 Å². The Hall–Kier alpha value is -1.83. The van der Waals surface area contributed by atoms with Crippen molar-refractivity contribution in [3.05, 3.63) is 0 Å². The number of hydroxylamine groups is 1. The van der Waals surface area contributed by atoms with Crippen molar-refractivity contribution in [2.75, 3.05) is 13.2 Å². The highest BCUT2D eigenvalue weighted by molar-refractivity contribution is 6.03. The Balaban J connectivity index is 4.88. The van der Waals surface area contributed by atoms with Crippen molar-refractivity contribution in [1.82, 2.24) is 5.48 Å². The second kappa shape index (κ2) is 7.82. The standard InChI is InChI=1S/C13H23NO7/c1-7-18-9(15)13(6,10(16)19-8-2)21-14-11(17)20-12(3,4)5/h7-8H2,1-6H3,(H,14,17). The number of carbonyl (C=O) groups is 3. The molecule has 8 heteroatoms. The lowest BCUT2D eigenvalue weighted by atomic mass is 10.1. The first-order valence-electron chi connectivity index (χ1n) is 6.58. The largest absolute Gasteiger partial charge is 0.463 e. The van der Waals surface area contributed by atoms with Gasteiger partial charge in [-0.1, -0.05) is 0 Å². The van der Waals surface area contributed by atoms with Crippen LogP contribution < -0.4 is 5.48 Å². The molecular weight excluding hydrogens is 282 g/mol. The monoisotopic (exact) mass is 305 g/mol. The minimum Gasteiger partial charge on any atom is -0.463 e. The highest BCUT2D eigenvalue weighted by Gasteiger charge is 2.47. The molecule has 0 saturated heterocycles. The first-order valence-corrected chi connectivity index (χ1v) is 6.58. The molecule has 0 atom stereocenters. The topological polar surface area (TPSA) is 100 Å². The summed E-state index contributed by atoms with van der Waals surface area (Å²) < 4.78 is 14.4. The van der Waals surface area contributed by atoms with Gasteiger partial charge in [-0.15, -0.1) is 0 Å². The van der Waals surface area contributed by atoms with Crippen molar-refractivity contribution >= 4 is 18.0 Å². The zero-order chi connectivity index (χ0) is 16.7. The average Bonchev–Trinajstić information content (AvgIpc) is 2.34. The van der Waals surface area contributed by atoms with Gasteiger partial charge in [0.25, 0.3) is 5.60 Å². The molecule has 0 rings (SSSR count). The van der Waals surface area contributed by atoms with E-state index in [9.17, 15) is 14.4 Å². The van der Waals surface area contributed by atoms with E-state index in [-0.39, 0.29) is 13.2 Å². The first kappa shape index (κ1) is 19.2. The second-order valence-corrected chi connectivity index (χ2v) is 5.18. The third-order valence-corrected chi connectivity index (χ3v) is 2.07. The molecule has 0 aliphatic heterocycles. The van der Waals surface area contributed by atoms with E-state index in [0.29, 0.717) is 0 Å². The van der Waals surface area contributed by atoms with Crippen molar-refractivity contribution in [3.63, 3.8) is 0 Å². The summed E-state index contributed by atoms with van der Waals surface area (Å²) in [4.78, 5) is 40.1. The molecule has 8 nitrogen and oxygen atoms in total. The molecular formula is C13H23NO7. The Bertz CT molecular complexity index is 368. The van der Waals surface area contributed by atoms with E-state index >= 15 is 0 Å². The molecule has 0 aromatic rings. The molecule has 21 heavy (non-hydrogen) atoms. The Morgan fingerprint density at radius 1 is 0.905 bits per heavy atom. The molecule has 0 fully saturated rings. The number of rotatable bonds is 6. The van der Waals surface area contributed by atoms with Crippen molar-refractivity contribution in [1.29, 1.82) is 0 Å². The molecule has 1 amide bonds. The molecule has 122 valence electrons. The smallest absolute Gasteiger partial charge is 0.431 e. The normalized spacial score (nSPS) is 11.5. The lowest BCUT2D eigenvalue weighted by molar-refractivity contribution is -0.196. The fourth-order valence-corrected chi connectivity index (χ4v) is 1.15. The summed E-state index contributed by atoms with van der Waals surface area (Å²) in [7, 11) is 0. The number of ether oxygens (including phenoxy) is 3. The van der Waals surface area contributed by atoms with Gasteiger partial charge in [0.1, 0.15) is 5.60 Å². The SMILES string of the molecule is CCOC(=O)C(C)(ONC(=O)OC(C)(C)C)C(=O)OCC. The zero-order valence-corrected chi connectivity index (χ0v) is 13.3. The molecule has 0 heterocycles. The van der Waals surface area contributed by atoms with E-state index in [1.54, 1.807) is 34.6 Å². The van der Waals surface area contributed by atoms with E-state index in [0.717, 1.165) is 6.92 Å². The minimum absolute atomic E-state index is 0.0453. The van der Waals surface area contributed by atoms with Gasteiger partial charge in [-0.3, -0.25) is 0 Å². The predicted octanol–water partition coefficient (Wildman–Crippen LogP) is 1.33. The van der Waals surface area contributed by atoms with Gasteiger partial charge in [0.05, 0.1) is 13.2 Å². The second-order valence-electron chi connectivity index (χ2n) is 5.18. The number of carbonyl (C=O) groups excluding carboxylic acids is 3. The lowest BCUT2D eigenvalue weighted by Gasteiger charge is -2.25. The predicted molar refractivity (Wildman–Crippen MR) is 72.1 cm³/mol. The van der Waals surface area contributed by atoms with Gasteiger partial charge in [0, 0.05) is 0 Å². The summed E-state index contributed by atoms with van der Waals surface area (Å²) in [5.41, 5.74) is -0.965. The van der Waals surface area contributed by atoms with Crippen LogP contribution in [0.4, 0.5) is 4.79 Å². The van der Waals surface area contributed by atoms with E-state index in [4.69, 9.17) is 19.0 Å². The van der Waals surface area contributed by atoms with Crippen molar-refractivity contribution in [2.24, 2.45) is 0 Å². The molecule has 0 saturated carbocycles. The Kier molecular flexibility index (Phi) is 7.14.